The average molecular weight is 431 g/mol. The van der Waals surface area contributed by atoms with Crippen LogP contribution < -0.4 is 21.3 Å². The molecule has 0 unspecified atom stereocenters. The van der Waals surface area contributed by atoms with Crippen molar-refractivity contribution in [2.24, 2.45) is 5.92 Å². The van der Waals surface area contributed by atoms with Gasteiger partial charge in [0, 0.05) is 6.54 Å². The third-order valence-corrected chi connectivity index (χ3v) is 5.48. The van der Waals surface area contributed by atoms with Gasteiger partial charge in [0.05, 0.1) is 6.04 Å². The maximum absolute atomic E-state index is 13.0. The molecule has 1 aliphatic rings. The predicted molar refractivity (Wildman–Crippen MR) is 122 cm³/mol. The van der Waals surface area contributed by atoms with E-state index in [2.05, 4.69) is 21.3 Å². The van der Waals surface area contributed by atoms with Crippen molar-refractivity contribution in [3.05, 3.63) is 35.9 Å². The van der Waals surface area contributed by atoms with Crippen LogP contribution in [0.3, 0.4) is 0 Å². The first-order chi connectivity index (χ1) is 14.9. The third kappa shape index (κ3) is 9.09. The van der Waals surface area contributed by atoms with E-state index in [0.29, 0.717) is 19.4 Å². The lowest BCUT2D eigenvalue weighted by molar-refractivity contribution is -0.132. The molecular formula is C24H38N4O3. The lowest BCUT2D eigenvalue weighted by Gasteiger charge is -2.25. The lowest BCUT2D eigenvalue weighted by atomic mass is 10.0. The largest absolute Gasteiger partial charge is 0.354 e. The van der Waals surface area contributed by atoms with Gasteiger partial charge >= 0.3 is 0 Å². The minimum atomic E-state index is -0.733. The van der Waals surface area contributed by atoms with Gasteiger partial charge in [-0.05, 0) is 50.6 Å². The Morgan fingerprint density at radius 2 is 1.52 bits per heavy atom. The van der Waals surface area contributed by atoms with E-state index in [1.807, 2.05) is 44.2 Å². The number of carbonyl (C=O) groups excluding carboxylic acids is 3. The third-order valence-electron chi connectivity index (χ3n) is 5.48. The summed E-state index contributed by atoms with van der Waals surface area (Å²) in [4.78, 5) is 38.3. The van der Waals surface area contributed by atoms with Crippen molar-refractivity contribution in [2.75, 3.05) is 13.1 Å². The molecule has 7 heteroatoms. The summed E-state index contributed by atoms with van der Waals surface area (Å²) >= 11 is 0. The van der Waals surface area contributed by atoms with Crippen molar-refractivity contribution in [1.29, 1.82) is 0 Å². The Kier molecular flexibility index (Phi) is 10.5. The molecule has 0 radical (unpaired) electrons. The normalized spacial score (nSPS) is 24.9. The summed E-state index contributed by atoms with van der Waals surface area (Å²) in [7, 11) is 0. The molecule has 31 heavy (non-hydrogen) atoms. The van der Waals surface area contributed by atoms with Gasteiger partial charge in [-0.25, -0.2) is 0 Å². The Bertz CT molecular complexity index is 708. The molecule has 1 saturated heterocycles. The SMILES string of the molecule is CC(C)C[C@@H]1NC(=O)[C@@H](C)NC(=O)[C@H](Cc2ccccc2)NCCCCCCNC1=O. The van der Waals surface area contributed by atoms with Crippen molar-refractivity contribution in [1.82, 2.24) is 21.3 Å². The fraction of sp³-hybridized carbons (Fsp3) is 0.625. The van der Waals surface area contributed by atoms with Crippen molar-refractivity contribution in [3.8, 4) is 0 Å². The average Bonchev–Trinajstić information content (AvgIpc) is 2.73. The zero-order chi connectivity index (χ0) is 22.6. The number of hydrogen-bond donors (Lipinski definition) is 4. The molecule has 1 fully saturated rings. The molecule has 1 heterocycles. The fourth-order valence-corrected chi connectivity index (χ4v) is 3.70. The van der Waals surface area contributed by atoms with Crippen LogP contribution in [-0.4, -0.2) is 48.9 Å². The first-order valence-electron chi connectivity index (χ1n) is 11.5. The van der Waals surface area contributed by atoms with E-state index in [1.165, 1.54) is 0 Å². The fourth-order valence-electron chi connectivity index (χ4n) is 3.70. The van der Waals surface area contributed by atoms with Gasteiger partial charge in [0.15, 0.2) is 0 Å². The van der Waals surface area contributed by atoms with E-state index in [-0.39, 0.29) is 23.6 Å². The van der Waals surface area contributed by atoms with Crippen LogP contribution in [0, 0.1) is 5.92 Å². The lowest BCUT2D eigenvalue weighted by Crippen LogP contribution is -2.56. The topological polar surface area (TPSA) is 99.3 Å². The van der Waals surface area contributed by atoms with E-state index in [4.69, 9.17) is 0 Å². The minimum Gasteiger partial charge on any atom is -0.354 e. The standard InChI is InChI=1S/C24H38N4O3/c1-17(2)15-21-23(30)26-14-10-5-4-9-13-25-20(16-19-11-7-6-8-12-19)24(31)27-18(3)22(29)28-21/h6-8,11-12,17-18,20-21,25H,4-5,9-10,13-16H2,1-3H3,(H,26,30)(H,27,31)(H,28,29)/t18-,20+,21+/m1/s1. The molecule has 0 spiro atoms. The summed E-state index contributed by atoms with van der Waals surface area (Å²) in [5.74, 6) is -0.453. The van der Waals surface area contributed by atoms with Crippen LogP contribution in [-0.2, 0) is 20.8 Å². The van der Waals surface area contributed by atoms with E-state index >= 15 is 0 Å². The van der Waals surface area contributed by atoms with Crippen molar-refractivity contribution in [2.45, 2.75) is 77.4 Å². The number of rotatable bonds is 4. The predicted octanol–water partition coefficient (Wildman–Crippen LogP) is 1.91. The van der Waals surface area contributed by atoms with Crippen LogP contribution in [0.25, 0.3) is 0 Å². The van der Waals surface area contributed by atoms with Crippen LogP contribution in [0.2, 0.25) is 0 Å². The summed E-state index contributed by atoms with van der Waals surface area (Å²) in [5, 5.41) is 12.0. The van der Waals surface area contributed by atoms with Crippen LogP contribution in [0.15, 0.2) is 30.3 Å². The van der Waals surface area contributed by atoms with Gasteiger partial charge in [-0.15, -0.1) is 0 Å². The monoisotopic (exact) mass is 430 g/mol. The quantitative estimate of drug-likeness (QED) is 0.586. The molecule has 2 rings (SSSR count). The summed E-state index contributed by atoms with van der Waals surface area (Å²) in [6.45, 7) is 7.03. The zero-order valence-corrected chi connectivity index (χ0v) is 19.1. The van der Waals surface area contributed by atoms with Gasteiger partial charge in [0.25, 0.3) is 0 Å². The van der Waals surface area contributed by atoms with Crippen LogP contribution in [0.5, 0.6) is 0 Å². The second kappa shape index (κ2) is 13.1. The highest BCUT2D eigenvalue weighted by Crippen LogP contribution is 2.08. The van der Waals surface area contributed by atoms with E-state index < -0.39 is 18.1 Å². The van der Waals surface area contributed by atoms with Gasteiger partial charge in [-0.1, -0.05) is 57.0 Å². The highest BCUT2D eigenvalue weighted by molar-refractivity contribution is 5.92. The summed E-state index contributed by atoms with van der Waals surface area (Å²) in [6.07, 6.45) is 5.01. The molecule has 4 N–H and O–H groups in total. The molecule has 0 saturated carbocycles. The Labute approximate surface area is 186 Å². The number of benzene rings is 1. The van der Waals surface area contributed by atoms with Gasteiger partial charge in [0.1, 0.15) is 12.1 Å². The molecule has 172 valence electrons. The first-order valence-corrected chi connectivity index (χ1v) is 11.5. The van der Waals surface area contributed by atoms with E-state index in [9.17, 15) is 14.4 Å². The molecule has 1 aromatic carbocycles. The van der Waals surface area contributed by atoms with E-state index in [1.54, 1.807) is 6.92 Å². The number of hydrogen-bond acceptors (Lipinski definition) is 4. The minimum absolute atomic E-state index is 0.156. The van der Waals surface area contributed by atoms with Gasteiger partial charge in [-0.3, -0.25) is 14.4 Å². The number of carbonyl (C=O) groups is 3. The van der Waals surface area contributed by atoms with E-state index in [0.717, 1.165) is 37.8 Å². The smallest absolute Gasteiger partial charge is 0.242 e. The van der Waals surface area contributed by atoms with Crippen LogP contribution in [0.1, 0.15) is 58.4 Å². The maximum atomic E-state index is 13.0. The number of nitrogens with one attached hydrogen (secondary N) is 4. The Morgan fingerprint density at radius 3 is 2.19 bits per heavy atom. The molecular weight excluding hydrogens is 392 g/mol. The molecule has 0 aromatic heterocycles. The summed E-state index contributed by atoms with van der Waals surface area (Å²) < 4.78 is 0. The van der Waals surface area contributed by atoms with Gasteiger partial charge in [0.2, 0.25) is 17.7 Å². The van der Waals surface area contributed by atoms with Crippen LogP contribution >= 0.6 is 0 Å². The molecule has 0 bridgehead atoms. The molecule has 3 atom stereocenters. The molecule has 0 aliphatic carbocycles. The second-order valence-corrected chi connectivity index (χ2v) is 8.82. The molecule has 1 aliphatic heterocycles. The highest BCUT2D eigenvalue weighted by Gasteiger charge is 2.27. The summed E-state index contributed by atoms with van der Waals surface area (Å²) in [5.41, 5.74) is 1.07. The second-order valence-electron chi connectivity index (χ2n) is 8.82. The molecule has 3 amide bonds. The molecule has 1 aromatic rings. The molecule has 7 nitrogen and oxygen atoms in total. The Hall–Kier alpha value is -2.41. The van der Waals surface area contributed by atoms with Crippen molar-refractivity contribution < 1.29 is 14.4 Å². The Morgan fingerprint density at radius 1 is 0.839 bits per heavy atom. The maximum Gasteiger partial charge on any atom is 0.242 e. The first kappa shape index (κ1) is 24.9. The van der Waals surface area contributed by atoms with Crippen LogP contribution in [0.4, 0.5) is 0 Å². The van der Waals surface area contributed by atoms with Gasteiger partial charge < -0.3 is 21.3 Å². The number of amides is 3. The van der Waals surface area contributed by atoms with Crippen molar-refractivity contribution >= 4 is 17.7 Å². The van der Waals surface area contributed by atoms with Crippen molar-refractivity contribution in [3.63, 3.8) is 0 Å². The Balaban J connectivity index is 2.10. The summed E-state index contributed by atoms with van der Waals surface area (Å²) in [6, 6.07) is 8.11. The highest BCUT2D eigenvalue weighted by atomic mass is 16.2. The van der Waals surface area contributed by atoms with Gasteiger partial charge in [-0.2, -0.15) is 0 Å². The zero-order valence-electron chi connectivity index (χ0n) is 19.1.